The number of alkyl halides is 4. The van der Waals surface area contributed by atoms with Crippen molar-refractivity contribution in [2.45, 2.75) is 112 Å². The second kappa shape index (κ2) is 15.5. The molecule has 2 aliphatic heterocycles. The fraction of sp³-hybridized carbons (Fsp3) is 0.605. The number of benzene rings is 1. The van der Waals surface area contributed by atoms with Gasteiger partial charge in [-0.25, -0.2) is 22.9 Å². The van der Waals surface area contributed by atoms with Crippen molar-refractivity contribution in [1.29, 1.82) is 0 Å². The van der Waals surface area contributed by atoms with Gasteiger partial charge in [0, 0.05) is 23.1 Å². The molecule has 19 heteroatoms. The first-order valence-corrected chi connectivity index (χ1v) is 20.7. The second-order valence-corrected chi connectivity index (χ2v) is 19.0. The summed E-state index contributed by atoms with van der Waals surface area (Å²) in [5, 5.41) is 6.37. The summed E-state index contributed by atoms with van der Waals surface area (Å²) < 4.78 is 84.2. The van der Waals surface area contributed by atoms with Crippen molar-refractivity contribution in [2.24, 2.45) is 17.8 Å². The number of halogens is 4. The van der Waals surface area contributed by atoms with E-state index in [1.807, 2.05) is 13.0 Å². The van der Waals surface area contributed by atoms with Gasteiger partial charge < -0.3 is 29.7 Å². The van der Waals surface area contributed by atoms with Gasteiger partial charge in [0.1, 0.15) is 29.5 Å². The number of hydrogen-bond donors (Lipinski definition) is 3. The zero-order chi connectivity index (χ0) is 41.7. The summed E-state index contributed by atoms with van der Waals surface area (Å²) in [4.78, 5) is 61.7. The molecule has 0 radical (unpaired) electrons. The Morgan fingerprint density at radius 3 is 2.42 bits per heavy atom. The van der Waals surface area contributed by atoms with Gasteiger partial charge in [0.2, 0.25) is 23.3 Å². The van der Waals surface area contributed by atoms with E-state index in [2.05, 4.69) is 20.3 Å². The van der Waals surface area contributed by atoms with Crippen LogP contribution in [0.25, 0.3) is 10.8 Å². The highest BCUT2D eigenvalue weighted by Crippen LogP contribution is 2.49. The lowest BCUT2D eigenvalue weighted by Crippen LogP contribution is -2.59. The molecule has 2 saturated carbocycles. The Balaban J connectivity index is 1.36. The molecule has 4 aliphatic rings. The number of amides is 4. The van der Waals surface area contributed by atoms with Gasteiger partial charge in [0.05, 0.1) is 19.9 Å². The van der Waals surface area contributed by atoms with Crippen LogP contribution >= 0.6 is 11.6 Å². The number of ether oxygens (including phenoxy) is 3. The molecule has 4 amide bonds. The van der Waals surface area contributed by atoms with Gasteiger partial charge in [-0.2, -0.15) is 13.2 Å². The summed E-state index contributed by atoms with van der Waals surface area (Å²) in [7, 11) is -2.82. The number of rotatable bonds is 8. The van der Waals surface area contributed by atoms with Crippen LogP contribution in [-0.4, -0.2) is 95.5 Å². The number of carbonyl (C=O) groups is 4. The Labute approximate surface area is 333 Å². The smallest absolute Gasteiger partial charge is 0.427 e. The third kappa shape index (κ3) is 8.61. The monoisotopic (exact) mass is 841 g/mol. The van der Waals surface area contributed by atoms with E-state index in [9.17, 15) is 40.8 Å². The minimum absolute atomic E-state index is 0.0509. The molecule has 7 unspecified atom stereocenters. The topological polar surface area (TPSA) is 182 Å². The van der Waals surface area contributed by atoms with Gasteiger partial charge in [-0.15, -0.1) is 0 Å². The van der Waals surface area contributed by atoms with Crippen LogP contribution in [-0.2, 0) is 29.1 Å². The predicted molar refractivity (Wildman–Crippen MR) is 202 cm³/mol. The van der Waals surface area contributed by atoms with Crippen LogP contribution in [0, 0.1) is 17.8 Å². The maximum absolute atomic E-state index is 14.7. The van der Waals surface area contributed by atoms with E-state index in [1.54, 1.807) is 37.3 Å². The maximum atomic E-state index is 14.7. The summed E-state index contributed by atoms with van der Waals surface area (Å²) >= 11 is 6.19. The highest BCUT2D eigenvalue weighted by molar-refractivity contribution is 7.93. The lowest BCUT2D eigenvalue weighted by molar-refractivity contribution is -0.244. The number of aromatic nitrogens is 1. The van der Waals surface area contributed by atoms with Crippen molar-refractivity contribution in [2.75, 3.05) is 13.7 Å². The number of sulfonamides is 1. The van der Waals surface area contributed by atoms with E-state index >= 15 is 0 Å². The second-order valence-electron chi connectivity index (χ2n) is 16.1. The standard InChI is InChI=1S/C38H47ClF3N5O9S/c1-21-10-6-7-11-23-18-37(23,33(50)46-57(52,53)36(39)14-15-36)45-30(48)27-17-24(55-31-26-13-9-8-12-25(26)28(54-5)19-43-31)20-47(27)32(49)29(22(2)16-21)44-34(51)56-35(3,4)38(40,41)42/h7-9,11-13,19,21-24,27,29H,6,10,14-18,20H2,1-5H3,(H,44,51)(H,45,48)(H,46,50). The number of hydrogen-bond acceptors (Lipinski definition) is 10. The fourth-order valence-electron chi connectivity index (χ4n) is 7.49. The third-order valence-electron chi connectivity index (χ3n) is 11.3. The lowest BCUT2D eigenvalue weighted by atomic mass is 9.88. The van der Waals surface area contributed by atoms with Crippen LogP contribution in [0.3, 0.4) is 0 Å². The van der Waals surface area contributed by atoms with Gasteiger partial charge in [-0.1, -0.05) is 55.8 Å². The van der Waals surface area contributed by atoms with Crippen LogP contribution in [0.15, 0.2) is 42.6 Å². The first-order valence-electron chi connectivity index (χ1n) is 18.8. The molecule has 312 valence electrons. The minimum atomic E-state index is -4.92. The molecule has 7 atom stereocenters. The number of nitrogens with one attached hydrogen (secondary N) is 3. The molecule has 3 N–H and O–H groups in total. The molecule has 2 aromatic rings. The summed E-state index contributed by atoms with van der Waals surface area (Å²) in [5.74, 6) is -3.23. The van der Waals surface area contributed by atoms with E-state index < -0.39 is 85.4 Å². The SMILES string of the molecule is COc1cnc(OC2CC3C(=O)NC4(C(=O)NS(=O)(=O)C5(Cl)CC5)CC4C=CCCC(C)CC(C)C(NC(=O)OC(C)(C)C(F)(F)F)C(=O)N3C2)c2ccccc12. The molecular formula is C38H47ClF3N5O9S. The lowest BCUT2D eigenvalue weighted by Gasteiger charge is -2.34. The Kier molecular flexibility index (Phi) is 11.5. The van der Waals surface area contributed by atoms with Crippen molar-refractivity contribution in [1.82, 2.24) is 25.2 Å². The molecule has 3 heterocycles. The quantitative estimate of drug-likeness (QED) is 0.239. The Bertz CT molecular complexity index is 2060. The highest BCUT2D eigenvalue weighted by atomic mass is 35.5. The number of nitrogens with zero attached hydrogens (tertiary/aromatic N) is 2. The molecule has 2 aliphatic carbocycles. The molecule has 1 saturated heterocycles. The Hall–Kier alpha value is -4.32. The highest BCUT2D eigenvalue weighted by Gasteiger charge is 2.64. The number of pyridine rings is 1. The van der Waals surface area contributed by atoms with Crippen molar-refractivity contribution in [3.63, 3.8) is 0 Å². The summed E-state index contributed by atoms with van der Waals surface area (Å²) in [6.07, 6.45) is -0.548. The average Bonchev–Trinajstić information content (AvgIpc) is 4.01. The van der Waals surface area contributed by atoms with Crippen LogP contribution in [0.5, 0.6) is 11.6 Å². The normalized spacial score (nSPS) is 29.2. The Morgan fingerprint density at radius 2 is 1.77 bits per heavy atom. The number of methoxy groups -OCH3 is 1. The summed E-state index contributed by atoms with van der Waals surface area (Å²) in [6, 6.07) is 4.33. The largest absolute Gasteiger partial charge is 0.494 e. The van der Waals surface area contributed by atoms with E-state index in [0.29, 0.717) is 49.6 Å². The first-order chi connectivity index (χ1) is 26.6. The zero-order valence-electron chi connectivity index (χ0n) is 32.2. The van der Waals surface area contributed by atoms with Gasteiger partial charge >= 0.3 is 12.3 Å². The minimum Gasteiger partial charge on any atom is -0.494 e. The molecule has 0 bridgehead atoms. The molecule has 1 aromatic carbocycles. The number of carbonyl (C=O) groups excluding carboxylic acids is 4. The first kappa shape index (κ1) is 42.3. The number of alkyl carbamates (subject to hydrolysis) is 1. The third-order valence-corrected chi connectivity index (χ3v) is 14.1. The number of fused-ring (bicyclic) bond motifs is 3. The van der Waals surface area contributed by atoms with Crippen LogP contribution in [0.4, 0.5) is 18.0 Å². The van der Waals surface area contributed by atoms with Gasteiger partial charge in [0.15, 0.2) is 4.21 Å². The van der Waals surface area contributed by atoms with Gasteiger partial charge in [0.25, 0.3) is 15.9 Å². The molecule has 3 fully saturated rings. The molecule has 6 rings (SSSR count). The van der Waals surface area contributed by atoms with Crippen LogP contribution < -0.4 is 24.8 Å². The average molecular weight is 842 g/mol. The van der Waals surface area contributed by atoms with Gasteiger partial charge in [-0.05, 0) is 70.3 Å². The van der Waals surface area contributed by atoms with Crippen molar-refractivity contribution in [3.8, 4) is 11.6 Å². The summed E-state index contributed by atoms with van der Waals surface area (Å²) in [6.45, 7) is 4.74. The van der Waals surface area contributed by atoms with Crippen molar-refractivity contribution < 1.29 is 55.0 Å². The van der Waals surface area contributed by atoms with Gasteiger partial charge in [-0.3, -0.25) is 14.4 Å². The van der Waals surface area contributed by atoms with Crippen molar-refractivity contribution in [3.05, 3.63) is 42.6 Å². The molecule has 57 heavy (non-hydrogen) atoms. The zero-order valence-corrected chi connectivity index (χ0v) is 33.7. The predicted octanol–water partition coefficient (Wildman–Crippen LogP) is 5.09. The van der Waals surface area contributed by atoms with E-state index in [0.717, 1.165) is 0 Å². The molecule has 0 spiro atoms. The van der Waals surface area contributed by atoms with E-state index in [1.165, 1.54) is 18.2 Å². The van der Waals surface area contributed by atoms with Crippen LogP contribution in [0.1, 0.15) is 72.6 Å². The molecule has 1 aromatic heterocycles. The van der Waals surface area contributed by atoms with E-state index in [-0.39, 0.29) is 44.0 Å². The van der Waals surface area contributed by atoms with E-state index in [4.69, 9.17) is 25.8 Å². The summed E-state index contributed by atoms with van der Waals surface area (Å²) in [5.41, 5.74) is -4.59. The molecule has 14 nitrogen and oxygen atoms in total. The van der Waals surface area contributed by atoms with Crippen molar-refractivity contribution >= 4 is 56.2 Å². The molecular weight excluding hydrogens is 795 g/mol. The Morgan fingerprint density at radius 1 is 1.09 bits per heavy atom. The number of allylic oxidation sites excluding steroid dienone is 1. The van der Waals surface area contributed by atoms with Crippen LogP contribution in [0.2, 0.25) is 0 Å². The maximum Gasteiger partial charge on any atom is 0.427 e. The fourth-order valence-corrected chi connectivity index (χ4v) is 8.95.